The number of allylic oxidation sites excluding steroid dienone is 4. The van der Waals surface area contributed by atoms with Crippen molar-refractivity contribution in [2.75, 3.05) is 13.1 Å². The third-order valence-electron chi connectivity index (χ3n) is 4.80. The van der Waals surface area contributed by atoms with Crippen molar-refractivity contribution in [2.24, 2.45) is 15.4 Å². The van der Waals surface area contributed by atoms with Gasteiger partial charge in [0.1, 0.15) is 10.9 Å². The van der Waals surface area contributed by atoms with Crippen LogP contribution >= 0.6 is 11.8 Å². The molecule has 5 heteroatoms. The van der Waals surface area contributed by atoms with Gasteiger partial charge in [0.2, 0.25) is 0 Å². The summed E-state index contributed by atoms with van der Waals surface area (Å²) in [5, 5.41) is 4.00. The molecule has 0 aromatic carbocycles. The Kier molecular flexibility index (Phi) is 8.19. The molecule has 0 radical (unpaired) electrons. The highest BCUT2D eigenvalue weighted by atomic mass is 32.2. The van der Waals surface area contributed by atoms with Crippen molar-refractivity contribution in [2.45, 2.75) is 45.4 Å². The minimum atomic E-state index is -0.279. The van der Waals surface area contributed by atoms with E-state index in [0.29, 0.717) is 15.4 Å². The average Bonchev–Trinajstić information content (AvgIpc) is 3.08. The molecule has 0 amide bonds. The lowest BCUT2D eigenvalue weighted by Crippen LogP contribution is -2.23. The zero-order valence-electron chi connectivity index (χ0n) is 15.0. The predicted octanol–water partition coefficient (Wildman–Crippen LogP) is 5.55. The smallest absolute Gasteiger partial charge is 0.132 e. The molecule has 1 aliphatic heterocycles. The number of thioether (sulfide) groups is 1. The summed E-state index contributed by atoms with van der Waals surface area (Å²) < 4.78 is 14.0. The van der Waals surface area contributed by atoms with Crippen LogP contribution in [0.4, 0.5) is 4.39 Å². The van der Waals surface area contributed by atoms with Crippen LogP contribution in [0.1, 0.15) is 45.4 Å². The Balaban J connectivity index is 2.11. The number of aliphatic imine (C=N–C) groups is 2. The second-order valence-electron chi connectivity index (χ2n) is 6.48. The van der Waals surface area contributed by atoms with Gasteiger partial charge in [0.05, 0.1) is 6.21 Å². The number of nitrogens with one attached hydrogen (secondary N) is 1. The van der Waals surface area contributed by atoms with Crippen LogP contribution in [0.25, 0.3) is 0 Å². The van der Waals surface area contributed by atoms with E-state index in [-0.39, 0.29) is 5.83 Å². The number of hydrogen-bond donors (Lipinski definition) is 1. The van der Waals surface area contributed by atoms with Gasteiger partial charge in [-0.2, -0.15) is 0 Å². The van der Waals surface area contributed by atoms with Gasteiger partial charge in [-0.3, -0.25) is 4.99 Å². The Hall–Kier alpha value is -1.62. The molecule has 1 spiro atoms. The molecule has 0 unspecified atom stereocenters. The number of nitrogens with zero attached hydrogens (tertiary/aromatic N) is 2. The Bertz CT molecular complexity index is 596. The molecule has 0 atom stereocenters. The van der Waals surface area contributed by atoms with Gasteiger partial charge >= 0.3 is 0 Å². The highest BCUT2D eigenvalue weighted by Gasteiger charge is 2.32. The van der Waals surface area contributed by atoms with Gasteiger partial charge in [-0.15, -0.1) is 0 Å². The molecule has 1 N–H and O–H groups in total. The summed E-state index contributed by atoms with van der Waals surface area (Å²) in [5.41, 5.74) is 0.437. The fourth-order valence-corrected chi connectivity index (χ4v) is 4.23. The molecule has 0 aromatic heterocycles. The number of rotatable bonds is 3. The molecule has 1 saturated carbocycles. The average molecular weight is 362 g/mol. The largest absolute Gasteiger partial charge is 0.390 e. The minimum absolute atomic E-state index is 0.279. The first-order chi connectivity index (χ1) is 12.2. The highest BCUT2D eigenvalue weighted by molar-refractivity contribution is 8.18. The molecule has 2 rings (SSSR count). The molecule has 1 fully saturated rings. The maximum absolute atomic E-state index is 14.0. The number of halogens is 1. The molecule has 0 saturated heterocycles. The van der Waals surface area contributed by atoms with Crippen molar-refractivity contribution in [3.63, 3.8) is 0 Å². The van der Waals surface area contributed by atoms with E-state index < -0.39 is 0 Å². The summed E-state index contributed by atoms with van der Waals surface area (Å²) in [6.45, 7) is 7.10. The lowest BCUT2D eigenvalue weighted by Gasteiger charge is -2.28. The Morgan fingerprint density at radius 2 is 2.12 bits per heavy atom. The Morgan fingerprint density at radius 1 is 1.32 bits per heavy atom. The fourth-order valence-electron chi connectivity index (χ4n) is 3.39. The van der Waals surface area contributed by atoms with Gasteiger partial charge in [-0.05, 0) is 44.1 Å². The van der Waals surface area contributed by atoms with Crippen LogP contribution in [0.15, 0.2) is 57.9 Å². The Morgan fingerprint density at radius 3 is 2.84 bits per heavy atom. The van der Waals surface area contributed by atoms with Crippen molar-refractivity contribution in [3.8, 4) is 0 Å². The molecule has 0 aromatic rings. The van der Waals surface area contributed by atoms with Crippen LogP contribution in [0.5, 0.6) is 0 Å². The normalized spacial score (nSPS) is 26.7. The maximum atomic E-state index is 14.0. The van der Waals surface area contributed by atoms with Crippen LogP contribution in [0.3, 0.4) is 0 Å². The first-order valence-corrected chi connectivity index (χ1v) is 9.79. The third kappa shape index (κ3) is 6.31. The summed E-state index contributed by atoms with van der Waals surface area (Å²) in [4.78, 5) is 9.47. The fraction of sp³-hybridized carbons (Fsp3) is 0.500. The van der Waals surface area contributed by atoms with E-state index in [0.717, 1.165) is 19.5 Å². The van der Waals surface area contributed by atoms with Crippen LogP contribution in [-0.2, 0) is 0 Å². The minimum Gasteiger partial charge on any atom is -0.390 e. The molecular weight excluding hydrogens is 333 g/mol. The zero-order valence-corrected chi connectivity index (χ0v) is 15.8. The predicted molar refractivity (Wildman–Crippen MR) is 109 cm³/mol. The second kappa shape index (κ2) is 10.4. The first-order valence-electron chi connectivity index (χ1n) is 8.98. The van der Waals surface area contributed by atoms with E-state index >= 15 is 0 Å². The number of hydrogen-bond acceptors (Lipinski definition) is 4. The summed E-state index contributed by atoms with van der Waals surface area (Å²) in [7, 11) is 0. The van der Waals surface area contributed by atoms with Crippen LogP contribution in [0.2, 0.25) is 0 Å². The van der Waals surface area contributed by atoms with Gasteiger partial charge in [-0.1, -0.05) is 43.3 Å². The van der Waals surface area contributed by atoms with E-state index in [4.69, 9.17) is 0 Å². The van der Waals surface area contributed by atoms with Gasteiger partial charge in [0, 0.05) is 30.4 Å². The van der Waals surface area contributed by atoms with Crippen LogP contribution in [0, 0.1) is 5.41 Å². The van der Waals surface area contributed by atoms with Crippen LogP contribution in [-0.4, -0.2) is 24.3 Å². The molecule has 1 aliphatic carbocycles. The van der Waals surface area contributed by atoms with E-state index in [2.05, 4.69) is 21.9 Å². The summed E-state index contributed by atoms with van der Waals surface area (Å²) in [6.07, 6.45) is 17.6. The molecule has 2 aliphatic rings. The van der Waals surface area contributed by atoms with E-state index in [1.165, 1.54) is 49.9 Å². The van der Waals surface area contributed by atoms with Crippen molar-refractivity contribution in [3.05, 3.63) is 47.9 Å². The molecular formula is C20H28FN3S. The van der Waals surface area contributed by atoms with Crippen molar-refractivity contribution >= 4 is 23.0 Å². The lowest BCUT2D eigenvalue weighted by molar-refractivity contribution is 0.253. The van der Waals surface area contributed by atoms with E-state index in [1.807, 2.05) is 6.20 Å². The first kappa shape index (κ1) is 19.7. The van der Waals surface area contributed by atoms with Gasteiger partial charge in [0.15, 0.2) is 0 Å². The summed E-state index contributed by atoms with van der Waals surface area (Å²) in [5.74, 6) is -0.279. The molecule has 136 valence electrons. The second-order valence-corrected chi connectivity index (χ2v) is 7.55. The van der Waals surface area contributed by atoms with Crippen LogP contribution < -0.4 is 5.32 Å². The van der Waals surface area contributed by atoms with Gasteiger partial charge in [-0.25, -0.2) is 9.38 Å². The zero-order chi connectivity index (χ0) is 18.0. The van der Waals surface area contributed by atoms with Crippen molar-refractivity contribution in [1.82, 2.24) is 5.32 Å². The summed E-state index contributed by atoms with van der Waals surface area (Å²) in [6, 6.07) is 0. The summed E-state index contributed by atoms with van der Waals surface area (Å²) >= 11 is 1.27. The van der Waals surface area contributed by atoms with Gasteiger partial charge in [0.25, 0.3) is 0 Å². The SMILES string of the molecule is C=C/C=C(SC1=N/C=C/NCCC2(CCCC2)CC/N=C\1)\C(F)=C/C. The molecule has 0 bridgehead atoms. The molecule has 25 heavy (non-hydrogen) atoms. The molecule has 3 nitrogen and oxygen atoms in total. The highest BCUT2D eigenvalue weighted by Crippen LogP contribution is 2.43. The standard InChI is InChI=1S/C20H28FN3S/c1-3-7-18(17(21)4-2)25-19-16-23-13-11-20(8-5-6-9-20)10-12-22-14-15-24-19/h3-4,7,14-16,22H,1,5-6,8-13H2,2H3/b15-14+,17-4+,18-7+,23-16-,24-19+. The maximum Gasteiger partial charge on any atom is 0.132 e. The lowest BCUT2D eigenvalue weighted by atomic mass is 9.79. The van der Waals surface area contributed by atoms with Crippen molar-refractivity contribution < 1.29 is 4.39 Å². The van der Waals surface area contributed by atoms with Gasteiger partial charge < -0.3 is 5.32 Å². The monoisotopic (exact) mass is 361 g/mol. The Labute approximate surface area is 155 Å². The van der Waals surface area contributed by atoms with E-state index in [9.17, 15) is 4.39 Å². The topological polar surface area (TPSA) is 36.8 Å². The molecule has 1 heterocycles. The van der Waals surface area contributed by atoms with Crippen molar-refractivity contribution in [1.29, 1.82) is 0 Å². The third-order valence-corrected chi connectivity index (χ3v) is 5.77. The van der Waals surface area contributed by atoms with E-state index in [1.54, 1.807) is 31.5 Å². The quantitative estimate of drug-likeness (QED) is 0.669.